The maximum atomic E-state index is 12.9. The van der Waals surface area contributed by atoms with Crippen molar-refractivity contribution in [1.82, 2.24) is 14.1 Å². The molecule has 0 aliphatic carbocycles. The number of nitrogens with zero attached hydrogens (tertiary/aromatic N) is 3. The molecule has 0 saturated carbocycles. The van der Waals surface area contributed by atoms with Crippen LogP contribution in [0, 0.1) is 5.92 Å². The number of piperazine rings is 1. The lowest BCUT2D eigenvalue weighted by atomic mass is 9.98. The fourth-order valence-electron chi connectivity index (χ4n) is 3.87. The van der Waals surface area contributed by atoms with Crippen LogP contribution in [0.4, 0.5) is 0 Å². The number of amides is 1. The molecule has 3 rings (SSSR count). The summed E-state index contributed by atoms with van der Waals surface area (Å²) in [4.78, 5) is 17.1. The van der Waals surface area contributed by atoms with Crippen molar-refractivity contribution in [2.24, 2.45) is 5.92 Å². The van der Waals surface area contributed by atoms with Crippen LogP contribution in [0.15, 0.2) is 18.2 Å². The van der Waals surface area contributed by atoms with E-state index < -0.39 is 10.0 Å². The number of sulfonamides is 1. The van der Waals surface area contributed by atoms with Crippen LogP contribution in [0.1, 0.15) is 25.3 Å². The minimum atomic E-state index is -3.55. The van der Waals surface area contributed by atoms with Crippen LogP contribution in [0.3, 0.4) is 0 Å². The molecule has 0 radical (unpaired) electrons. The van der Waals surface area contributed by atoms with Gasteiger partial charge in [-0.2, -0.15) is 0 Å². The van der Waals surface area contributed by atoms with E-state index in [-0.39, 0.29) is 24.1 Å². The number of carbonyl (C=O) groups excluding carboxylic acids is 1. The molecule has 0 N–H and O–H groups in total. The maximum absolute atomic E-state index is 12.9. The van der Waals surface area contributed by atoms with Crippen LogP contribution in [0.25, 0.3) is 0 Å². The maximum Gasteiger partial charge on any atom is 0.227 e. The lowest BCUT2D eigenvalue weighted by Gasteiger charge is -2.38. The van der Waals surface area contributed by atoms with Crippen LogP contribution >= 0.6 is 23.2 Å². The van der Waals surface area contributed by atoms with Crippen LogP contribution < -0.4 is 0 Å². The molecule has 0 bridgehead atoms. The number of likely N-dealkylation sites (N-methyl/N-ethyl adjacent to an activating group) is 1. The van der Waals surface area contributed by atoms with Crippen molar-refractivity contribution < 1.29 is 13.2 Å². The van der Waals surface area contributed by atoms with Gasteiger partial charge in [0.2, 0.25) is 15.9 Å². The number of halogens is 2. The first-order valence-electron chi connectivity index (χ1n) is 9.73. The second-order valence-corrected chi connectivity index (χ2v) is 10.3. The Morgan fingerprint density at radius 1 is 1.14 bits per heavy atom. The Kier molecular flexibility index (Phi) is 7.26. The average molecular weight is 448 g/mol. The molecule has 1 atom stereocenters. The summed E-state index contributed by atoms with van der Waals surface area (Å²) < 4.78 is 27.3. The molecule has 2 aliphatic heterocycles. The first-order chi connectivity index (χ1) is 13.3. The van der Waals surface area contributed by atoms with Crippen LogP contribution in [0.2, 0.25) is 10.0 Å². The largest absolute Gasteiger partial charge is 0.340 e. The smallest absolute Gasteiger partial charge is 0.227 e. The standard InChI is InChI=1S/C19H27Cl2N3O3S/c1-2-22-8-10-23(11-9-22)19(25)15-4-3-7-24(13-15)28(26,27)14-16-5-6-17(20)12-18(16)21/h5-6,12,15H,2-4,7-11,13-14H2,1H3/t15-/m0/s1. The molecule has 0 aromatic heterocycles. The van der Waals surface area contributed by atoms with Gasteiger partial charge < -0.3 is 9.80 Å². The molecule has 0 unspecified atom stereocenters. The summed E-state index contributed by atoms with van der Waals surface area (Å²) in [5.41, 5.74) is 0.523. The topological polar surface area (TPSA) is 60.9 Å². The van der Waals surface area contributed by atoms with Gasteiger partial charge in [-0.1, -0.05) is 36.2 Å². The third kappa shape index (κ3) is 5.19. The first kappa shape index (κ1) is 21.8. The fraction of sp³-hybridized carbons (Fsp3) is 0.632. The predicted molar refractivity (Wildman–Crippen MR) is 112 cm³/mol. The molecule has 6 nitrogen and oxygen atoms in total. The van der Waals surface area contributed by atoms with E-state index in [0.29, 0.717) is 28.6 Å². The van der Waals surface area contributed by atoms with E-state index >= 15 is 0 Å². The molecule has 2 fully saturated rings. The van der Waals surface area contributed by atoms with Crippen molar-refractivity contribution in [3.63, 3.8) is 0 Å². The molecule has 1 amide bonds. The third-order valence-electron chi connectivity index (χ3n) is 5.61. The highest BCUT2D eigenvalue weighted by atomic mass is 35.5. The van der Waals surface area contributed by atoms with Gasteiger partial charge in [0.1, 0.15) is 0 Å². The zero-order chi connectivity index (χ0) is 20.3. The summed E-state index contributed by atoms with van der Waals surface area (Å²) in [5.74, 6) is -0.364. The van der Waals surface area contributed by atoms with Crippen LogP contribution in [0.5, 0.6) is 0 Å². The second-order valence-electron chi connectivity index (χ2n) is 7.45. The normalized spacial score (nSPS) is 22.4. The Balaban J connectivity index is 1.64. The van der Waals surface area contributed by atoms with Gasteiger partial charge >= 0.3 is 0 Å². The molecule has 0 spiro atoms. The highest BCUT2D eigenvalue weighted by Crippen LogP contribution is 2.27. The van der Waals surface area contributed by atoms with Gasteiger partial charge in [0.15, 0.2) is 0 Å². The number of carbonyl (C=O) groups is 1. The molecule has 1 aromatic rings. The molecular weight excluding hydrogens is 421 g/mol. The molecular formula is C19H27Cl2N3O3S. The number of hydrogen-bond acceptors (Lipinski definition) is 4. The van der Waals surface area contributed by atoms with Crippen LogP contribution in [-0.4, -0.2) is 74.2 Å². The number of benzene rings is 1. The van der Waals surface area contributed by atoms with Crippen molar-refractivity contribution in [3.05, 3.63) is 33.8 Å². The monoisotopic (exact) mass is 447 g/mol. The summed E-state index contributed by atoms with van der Waals surface area (Å²) in [7, 11) is -3.55. The quantitative estimate of drug-likeness (QED) is 0.695. The van der Waals surface area contributed by atoms with Crippen molar-refractivity contribution in [2.45, 2.75) is 25.5 Å². The number of piperidine rings is 1. The van der Waals surface area contributed by atoms with E-state index in [1.165, 1.54) is 4.31 Å². The van der Waals surface area contributed by atoms with E-state index in [9.17, 15) is 13.2 Å². The molecule has 2 aliphatic rings. The van der Waals surface area contributed by atoms with Gasteiger partial charge in [-0.25, -0.2) is 12.7 Å². The third-order valence-corrected chi connectivity index (χ3v) is 7.99. The Morgan fingerprint density at radius 2 is 1.86 bits per heavy atom. The average Bonchev–Trinajstić information content (AvgIpc) is 2.70. The molecule has 9 heteroatoms. The SMILES string of the molecule is CCN1CCN(C(=O)[C@H]2CCCN(S(=O)(=O)Cc3ccc(Cl)cc3Cl)C2)CC1. The minimum Gasteiger partial charge on any atom is -0.340 e. The lowest BCUT2D eigenvalue weighted by molar-refractivity contribution is -0.138. The van der Waals surface area contributed by atoms with Crippen molar-refractivity contribution in [1.29, 1.82) is 0 Å². The lowest BCUT2D eigenvalue weighted by Crippen LogP contribution is -2.53. The van der Waals surface area contributed by atoms with Gasteiger partial charge in [0, 0.05) is 49.3 Å². The van der Waals surface area contributed by atoms with Gasteiger partial charge in [0.25, 0.3) is 0 Å². The molecule has 156 valence electrons. The Morgan fingerprint density at radius 3 is 2.50 bits per heavy atom. The zero-order valence-corrected chi connectivity index (χ0v) is 18.4. The Hall–Kier alpha value is -0.860. The fourth-order valence-corrected chi connectivity index (χ4v) is 6.06. The van der Waals surface area contributed by atoms with E-state index in [4.69, 9.17) is 23.2 Å². The van der Waals surface area contributed by atoms with Gasteiger partial charge in [-0.15, -0.1) is 0 Å². The molecule has 28 heavy (non-hydrogen) atoms. The summed E-state index contributed by atoms with van der Waals surface area (Å²) >= 11 is 12.0. The minimum absolute atomic E-state index is 0.0835. The zero-order valence-electron chi connectivity index (χ0n) is 16.1. The summed E-state index contributed by atoms with van der Waals surface area (Å²) in [6, 6.07) is 4.82. The summed E-state index contributed by atoms with van der Waals surface area (Å²) in [6.07, 6.45) is 1.43. The van der Waals surface area contributed by atoms with Crippen LogP contribution in [-0.2, 0) is 20.6 Å². The Labute approximate surface area is 177 Å². The first-order valence-corrected chi connectivity index (χ1v) is 12.1. The van der Waals surface area contributed by atoms with Gasteiger partial charge in [0.05, 0.1) is 11.7 Å². The van der Waals surface area contributed by atoms with Crippen molar-refractivity contribution in [3.8, 4) is 0 Å². The number of hydrogen-bond donors (Lipinski definition) is 0. The summed E-state index contributed by atoms with van der Waals surface area (Å²) in [6.45, 7) is 7.00. The second kappa shape index (κ2) is 9.30. The molecule has 1 aromatic carbocycles. The summed E-state index contributed by atoms with van der Waals surface area (Å²) in [5, 5.41) is 0.812. The van der Waals surface area contributed by atoms with Gasteiger partial charge in [-0.05, 0) is 37.1 Å². The highest BCUT2D eigenvalue weighted by molar-refractivity contribution is 7.88. The Bertz CT molecular complexity index is 811. The van der Waals surface area contributed by atoms with E-state index in [0.717, 1.165) is 39.1 Å². The predicted octanol–water partition coefficient (Wildman–Crippen LogP) is 2.70. The molecule has 2 saturated heterocycles. The highest BCUT2D eigenvalue weighted by Gasteiger charge is 2.35. The van der Waals surface area contributed by atoms with E-state index in [2.05, 4.69) is 11.8 Å². The van der Waals surface area contributed by atoms with Crippen molar-refractivity contribution >= 4 is 39.1 Å². The van der Waals surface area contributed by atoms with Gasteiger partial charge in [-0.3, -0.25) is 4.79 Å². The van der Waals surface area contributed by atoms with E-state index in [1.54, 1.807) is 18.2 Å². The number of rotatable bonds is 5. The molecule has 2 heterocycles. The van der Waals surface area contributed by atoms with E-state index in [1.807, 2.05) is 4.90 Å². The van der Waals surface area contributed by atoms with Crippen molar-refractivity contribution in [2.75, 3.05) is 45.8 Å².